The second kappa shape index (κ2) is 4.56. The Bertz CT molecular complexity index is 424. The van der Waals surface area contributed by atoms with Crippen LogP contribution < -0.4 is 11.1 Å². The molecule has 5 heteroatoms. The van der Waals surface area contributed by atoms with Gasteiger partial charge in [-0.1, -0.05) is 6.92 Å². The molecule has 1 aliphatic rings. The molecular formula is C12H18N2O2S. The van der Waals surface area contributed by atoms with E-state index in [0.717, 1.165) is 11.5 Å². The molecule has 0 atom stereocenters. The van der Waals surface area contributed by atoms with Gasteiger partial charge in [0.25, 0.3) is 0 Å². The van der Waals surface area contributed by atoms with Crippen LogP contribution in [0.25, 0.3) is 0 Å². The second-order valence-corrected chi connectivity index (χ2v) is 5.65. The van der Waals surface area contributed by atoms with Gasteiger partial charge in [-0.25, -0.2) is 4.79 Å². The molecule has 1 fully saturated rings. The Balaban J connectivity index is 2.00. The first-order valence-corrected chi connectivity index (χ1v) is 6.63. The highest BCUT2D eigenvalue weighted by Gasteiger charge is 2.40. The maximum Gasteiger partial charge on any atom is 0.350 e. The van der Waals surface area contributed by atoms with Gasteiger partial charge in [-0.05, 0) is 30.7 Å². The number of methoxy groups -OCH3 is 1. The summed E-state index contributed by atoms with van der Waals surface area (Å²) >= 11 is 1.36. The number of carbonyl (C=O) groups is 1. The first kappa shape index (κ1) is 12.2. The number of nitrogen functional groups attached to an aromatic ring is 1. The largest absolute Gasteiger partial charge is 0.465 e. The van der Waals surface area contributed by atoms with Crippen LogP contribution in [0.15, 0.2) is 6.07 Å². The molecule has 0 bridgehead atoms. The number of nitrogens with one attached hydrogen (secondary N) is 1. The van der Waals surface area contributed by atoms with Crippen molar-refractivity contribution in [2.45, 2.75) is 26.2 Å². The lowest BCUT2D eigenvalue weighted by molar-refractivity contribution is 0.0607. The third kappa shape index (κ3) is 2.54. The summed E-state index contributed by atoms with van der Waals surface area (Å²) < 4.78 is 4.67. The molecule has 1 aromatic rings. The van der Waals surface area contributed by atoms with Crippen molar-refractivity contribution < 1.29 is 9.53 Å². The summed E-state index contributed by atoms with van der Waals surface area (Å²) in [4.78, 5) is 11.9. The van der Waals surface area contributed by atoms with Crippen LogP contribution in [0.1, 0.15) is 35.9 Å². The van der Waals surface area contributed by atoms with E-state index >= 15 is 0 Å². The predicted molar refractivity (Wildman–Crippen MR) is 70.5 cm³/mol. The maximum absolute atomic E-state index is 11.4. The molecule has 1 saturated carbocycles. The van der Waals surface area contributed by atoms with Gasteiger partial charge in [-0.2, -0.15) is 0 Å². The van der Waals surface area contributed by atoms with Crippen molar-refractivity contribution in [3.05, 3.63) is 10.9 Å². The molecule has 0 amide bonds. The van der Waals surface area contributed by atoms with Crippen LogP contribution in [0.2, 0.25) is 0 Å². The van der Waals surface area contributed by atoms with E-state index in [4.69, 9.17) is 5.73 Å². The van der Waals surface area contributed by atoms with E-state index in [9.17, 15) is 4.79 Å². The van der Waals surface area contributed by atoms with Gasteiger partial charge in [0, 0.05) is 6.54 Å². The van der Waals surface area contributed by atoms with Crippen molar-refractivity contribution >= 4 is 28.0 Å². The van der Waals surface area contributed by atoms with Crippen molar-refractivity contribution in [1.82, 2.24) is 0 Å². The lowest BCUT2D eigenvalue weighted by Crippen LogP contribution is -2.13. The lowest BCUT2D eigenvalue weighted by Gasteiger charge is -2.12. The van der Waals surface area contributed by atoms with Gasteiger partial charge in [0.2, 0.25) is 0 Å². The van der Waals surface area contributed by atoms with Gasteiger partial charge in [0.1, 0.15) is 4.88 Å². The zero-order valence-corrected chi connectivity index (χ0v) is 11.0. The van der Waals surface area contributed by atoms with Crippen molar-refractivity contribution in [2.24, 2.45) is 5.41 Å². The van der Waals surface area contributed by atoms with Crippen LogP contribution in [-0.4, -0.2) is 19.6 Å². The van der Waals surface area contributed by atoms with E-state index in [0.29, 0.717) is 16.0 Å². The van der Waals surface area contributed by atoms with Crippen LogP contribution in [0, 0.1) is 5.41 Å². The minimum atomic E-state index is -0.364. The van der Waals surface area contributed by atoms with Gasteiger partial charge in [0.15, 0.2) is 0 Å². The highest BCUT2D eigenvalue weighted by Crippen LogP contribution is 2.48. The highest BCUT2D eigenvalue weighted by atomic mass is 32.1. The Morgan fingerprint density at radius 3 is 2.88 bits per heavy atom. The lowest BCUT2D eigenvalue weighted by atomic mass is 10.0. The predicted octanol–water partition coefficient (Wildman–Crippen LogP) is 2.72. The van der Waals surface area contributed by atoms with Crippen molar-refractivity contribution in [3.8, 4) is 0 Å². The molecule has 1 aliphatic carbocycles. The molecule has 0 aromatic carbocycles. The summed E-state index contributed by atoms with van der Waals surface area (Å²) in [5.74, 6) is -0.364. The molecule has 2 rings (SSSR count). The molecule has 0 saturated heterocycles. The quantitative estimate of drug-likeness (QED) is 0.793. The summed E-state index contributed by atoms with van der Waals surface area (Å²) in [7, 11) is 1.37. The Hall–Kier alpha value is -1.23. The molecule has 4 nitrogen and oxygen atoms in total. The normalized spacial score (nSPS) is 16.6. The number of hydrogen-bond acceptors (Lipinski definition) is 5. The Morgan fingerprint density at radius 2 is 2.35 bits per heavy atom. The fourth-order valence-corrected chi connectivity index (χ4v) is 2.74. The molecule has 1 heterocycles. The van der Waals surface area contributed by atoms with E-state index in [-0.39, 0.29) is 5.97 Å². The summed E-state index contributed by atoms with van der Waals surface area (Å²) in [6, 6.07) is 1.81. The minimum absolute atomic E-state index is 0.364. The smallest absolute Gasteiger partial charge is 0.350 e. The van der Waals surface area contributed by atoms with Crippen molar-refractivity contribution in [1.29, 1.82) is 0 Å². The highest BCUT2D eigenvalue weighted by molar-refractivity contribution is 7.18. The zero-order chi connectivity index (χ0) is 12.5. The summed E-state index contributed by atoms with van der Waals surface area (Å²) in [5.41, 5.74) is 6.74. The van der Waals surface area contributed by atoms with Gasteiger partial charge in [-0.3, -0.25) is 0 Å². The third-order valence-electron chi connectivity index (χ3n) is 3.48. The summed E-state index contributed by atoms with van der Waals surface area (Å²) in [6.07, 6.45) is 3.78. The fraction of sp³-hybridized carbons (Fsp3) is 0.583. The van der Waals surface area contributed by atoms with E-state index in [2.05, 4.69) is 17.0 Å². The first-order valence-electron chi connectivity index (χ1n) is 5.82. The molecular weight excluding hydrogens is 236 g/mol. The van der Waals surface area contributed by atoms with Gasteiger partial charge in [-0.15, -0.1) is 11.3 Å². The average Bonchev–Trinajstić information content (AvgIpc) is 3.03. The molecule has 1 aromatic heterocycles. The Kier molecular flexibility index (Phi) is 3.28. The molecule has 94 valence electrons. The van der Waals surface area contributed by atoms with Gasteiger partial charge in [0.05, 0.1) is 17.8 Å². The Morgan fingerprint density at radius 1 is 1.65 bits per heavy atom. The Labute approximate surface area is 105 Å². The molecule has 0 aliphatic heterocycles. The zero-order valence-electron chi connectivity index (χ0n) is 10.2. The van der Waals surface area contributed by atoms with Crippen LogP contribution >= 0.6 is 11.3 Å². The van der Waals surface area contributed by atoms with Crippen LogP contribution in [-0.2, 0) is 4.74 Å². The molecule has 0 unspecified atom stereocenters. The fourth-order valence-electron chi connectivity index (χ4n) is 1.85. The molecule has 0 spiro atoms. The third-order valence-corrected chi connectivity index (χ3v) is 4.56. The number of carbonyl (C=O) groups excluding carboxylic acids is 1. The SMILES string of the molecule is CCC1(CNc2cc(N)c(C(=O)OC)s2)CC1. The number of hydrogen-bond donors (Lipinski definition) is 2. The van der Waals surface area contributed by atoms with Gasteiger partial charge < -0.3 is 15.8 Å². The second-order valence-electron chi connectivity index (χ2n) is 4.59. The average molecular weight is 254 g/mol. The minimum Gasteiger partial charge on any atom is -0.465 e. The number of rotatable bonds is 5. The standard InChI is InChI=1S/C12H18N2O2S/c1-3-12(4-5-12)7-14-9-6-8(13)10(17-9)11(15)16-2/h6,14H,3-5,7,13H2,1-2H3. The number of nitrogens with two attached hydrogens (primary N) is 1. The maximum atomic E-state index is 11.4. The molecule has 3 N–H and O–H groups in total. The van der Waals surface area contributed by atoms with Crippen molar-refractivity contribution in [2.75, 3.05) is 24.7 Å². The first-order chi connectivity index (χ1) is 8.10. The van der Waals surface area contributed by atoms with Crippen LogP contribution in [0.3, 0.4) is 0 Å². The van der Waals surface area contributed by atoms with Crippen LogP contribution in [0.5, 0.6) is 0 Å². The number of anilines is 2. The van der Waals surface area contributed by atoms with E-state index in [1.165, 1.54) is 37.7 Å². The summed E-state index contributed by atoms with van der Waals surface area (Å²) in [5, 5.41) is 4.32. The monoisotopic (exact) mass is 254 g/mol. The summed E-state index contributed by atoms with van der Waals surface area (Å²) in [6.45, 7) is 3.18. The van der Waals surface area contributed by atoms with E-state index in [1.54, 1.807) is 0 Å². The van der Waals surface area contributed by atoms with E-state index < -0.39 is 0 Å². The van der Waals surface area contributed by atoms with Crippen LogP contribution in [0.4, 0.5) is 10.7 Å². The topological polar surface area (TPSA) is 64.3 Å². The van der Waals surface area contributed by atoms with Crippen molar-refractivity contribution in [3.63, 3.8) is 0 Å². The number of ether oxygens (including phenoxy) is 1. The number of thiophene rings is 1. The van der Waals surface area contributed by atoms with Gasteiger partial charge >= 0.3 is 5.97 Å². The molecule has 0 radical (unpaired) electrons. The number of esters is 1. The molecule has 17 heavy (non-hydrogen) atoms. The van der Waals surface area contributed by atoms with E-state index in [1.807, 2.05) is 6.07 Å².